The molecule has 0 heterocycles. The third-order valence-electron chi connectivity index (χ3n) is 0. The standard InChI is InChI=1S/Al.Mg.Mn.Sn.Zn.7H. The van der Waals surface area contributed by atoms with Gasteiger partial charge >= 0.3 is 47.0 Å². The van der Waals surface area contributed by atoms with Gasteiger partial charge in [0, 0.05) is 36.5 Å². The normalized spacial score (nSPS) is 0. The zero-order valence-electron chi connectivity index (χ0n) is 1.79. The SMILES string of the molecule is [AlH3].[MgH2].[Mn].[SnH2].[Zn]. The third kappa shape index (κ3) is 18.9. The van der Waals surface area contributed by atoms with Gasteiger partial charge in [-0.1, -0.05) is 0 Å². The van der Waals surface area contributed by atoms with Crippen molar-refractivity contribution in [1.82, 2.24) is 0 Å². The Hall–Kier alpha value is 3.24. The predicted molar refractivity (Wildman–Crippen MR) is 27.0 cm³/mol. The Labute approximate surface area is 99.1 Å². The summed E-state index contributed by atoms with van der Waals surface area (Å²) in [5.74, 6) is 0. The first-order valence-corrected chi connectivity index (χ1v) is 0. The molecule has 0 atom stereocenters. The maximum absolute atomic E-state index is 0. The van der Waals surface area contributed by atoms with E-state index in [0.29, 0.717) is 0 Å². The zero-order valence-corrected chi connectivity index (χ0v) is 9.98. The Kier molecular flexibility index (Phi) is 221. The Morgan fingerprint density at radius 1 is 1.00 bits per heavy atom. The summed E-state index contributed by atoms with van der Waals surface area (Å²) in [5, 5.41) is 0. The van der Waals surface area contributed by atoms with Gasteiger partial charge in [-0.05, 0) is 0 Å². The van der Waals surface area contributed by atoms with E-state index in [-0.39, 0.29) is 101 Å². The fraction of sp³-hybridized carbons (Fsp3) is 0. The molecule has 0 aliphatic rings. The van der Waals surface area contributed by atoms with E-state index in [1.807, 2.05) is 0 Å². The molecule has 0 spiro atoms. The van der Waals surface area contributed by atoms with Crippen LogP contribution in [0.2, 0.25) is 0 Å². The van der Waals surface area contributed by atoms with Gasteiger partial charge in [-0.3, -0.25) is 0 Å². The van der Waals surface area contributed by atoms with Crippen LogP contribution in [0.5, 0.6) is 0 Å². The van der Waals surface area contributed by atoms with Crippen LogP contribution in [0.25, 0.3) is 0 Å². The van der Waals surface area contributed by atoms with Crippen molar-refractivity contribution in [2.75, 3.05) is 0 Å². The number of hydrogen-bond acceptors (Lipinski definition) is 0. The van der Waals surface area contributed by atoms with E-state index >= 15 is 0 Å². The van der Waals surface area contributed by atoms with Gasteiger partial charge in [0.25, 0.3) is 0 Å². The van der Waals surface area contributed by atoms with E-state index in [0.717, 1.165) is 0 Å². The molecule has 0 unspecified atom stereocenters. The summed E-state index contributed by atoms with van der Waals surface area (Å²) >= 11 is 0. The minimum absolute atomic E-state index is 0. The zero-order chi connectivity index (χ0) is 0. The van der Waals surface area contributed by atoms with Gasteiger partial charge in [0.1, 0.15) is 0 Å². The fourth-order valence-electron chi connectivity index (χ4n) is 0. The molecule has 0 aromatic carbocycles. The largest absolute Gasteiger partial charge is 0 e. The molecule has 0 amide bonds. The van der Waals surface area contributed by atoms with Crippen LogP contribution in [0.1, 0.15) is 0 Å². The molecule has 0 aromatic heterocycles. The molecular weight excluding hydrogens is 290 g/mol. The quantitative estimate of drug-likeness (QED) is 0.418. The van der Waals surface area contributed by atoms with Crippen molar-refractivity contribution in [3.8, 4) is 0 Å². The summed E-state index contributed by atoms with van der Waals surface area (Å²) in [6, 6.07) is 0. The van der Waals surface area contributed by atoms with Crippen LogP contribution in [0.4, 0.5) is 0 Å². The van der Waals surface area contributed by atoms with Crippen molar-refractivity contribution >= 4 is 64.3 Å². The summed E-state index contributed by atoms with van der Waals surface area (Å²) in [6.45, 7) is 0. The van der Waals surface area contributed by atoms with Crippen LogP contribution in [0.3, 0.4) is 0 Å². The number of rotatable bonds is 0. The average Bonchev–Trinajstić information content (AvgIpc) is 0. The van der Waals surface area contributed by atoms with Crippen molar-refractivity contribution in [3.05, 3.63) is 0 Å². The molecule has 0 N–H and O–H groups in total. The van der Waals surface area contributed by atoms with E-state index in [2.05, 4.69) is 0 Å². The number of hydrogen-bond donors (Lipinski definition) is 0. The molecule has 5 heteroatoms. The van der Waals surface area contributed by atoms with Gasteiger partial charge in [0.05, 0.1) is 0 Å². The Morgan fingerprint density at radius 2 is 1.00 bits per heavy atom. The second kappa shape index (κ2) is 26.9. The van der Waals surface area contributed by atoms with Crippen molar-refractivity contribution in [2.45, 2.75) is 0 Å². The molecule has 0 aliphatic heterocycles. The monoisotopic (exact) mass is 297 g/mol. The summed E-state index contributed by atoms with van der Waals surface area (Å²) in [7, 11) is 0. The van der Waals surface area contributed by atoms with E-state index in [1.165, 1.54) is 0 Å². The maximum Gasteiger partial charge on any atom is 0 e. The molecule has 5 heavy (non-hydrogen) atoms. The summed E-state index contributed by atoms with van der Waals surface area (Å²) < 4.78 is 0. The molecule has 25 valence electrons. The predicted octanol–water partition coefficient (Wildman–Crippen LogP) is -3.02. The minimum atomic E-state index is 0. The van der Waals surface area contributed by atoms with Gasteiger partial charge in [-0.15, -0.1) is 0 Å². The second-order valence-corrected chi connectivity index (χ2v) is 0. The van der Waals surface area contributed by atoms with Crippen LogP contribution in [-0.4, -0.2) is 64.3 Å². The van der Waals surface area contributed by atoms with Gasteiger partial charge < -0.3 is 0 Å². The minimum Gasteiger partial charge on any atom is 0 e. The van der Waals surface area contributed by atoms with E-state index in [4.69, 9.17) is 0 Å². The van der Waals surface area contributed by atoms with Crippen LogP contribution in [0.15, 0.2) is 0 Å². The van der Waals surface area contributed by atoms with Crippen molar-refractivity contribution in [2.24, 2.45) is 0 Å². The first-order chi connectivity index (χ1) is 0. The third-order valence-corrected chi connectivity index (χ3v) is 0. The smallest absolute Gasteiger partial charge is 0 e. The first-order valence-electron chi connectivity index (χ1n) is 0. The van der Waals surface area contributed by atoms with E-state index < -0.39 is 0 Å². The molecule has 0 rings (SSSR count). The van der Waals surface area contributed by atoms with Gasteiger partial charge in [0.15, 0.2) is 17.4 Å². The van der Waals surface area contributed by atoms with Crippen molar-refractivity contribution in [1.29, 1.82) is 0 Å². The summed E-state index contributed by atoms with van der Waals surface area (Å²) in [5.41, 5.74) is 0. The Morgan fingerprint density at radius 3 is 1.00 bits per heavy atom. The Bertz CT molecular complexity index is 11.6. The molecule has 3 radical (unpaired) electrons. The van der Waals surface area contributed by atoms with Gasteiger partial charge in [-0.2, -0.15) is 0 Å². The molecule has 0 bridgehead atoms. The van der Waals surface area contributed by atoms with Gasteiger partial charge in [-0.25, -0.2) is 0 Å². The fourth-order valence-corrected chi connectivity index (χ4v) is 0. The van der Waals surface area contributed by atoms with E-state index in [9.17, 15) is 0 Å². The van der Waals surface area contributed by atoms with Gasteiger partial charge in [0.2, 0.25) is 0 Å². The molecule has 0 saturated carbocycles. The van der Waals surface area contributed by atoms with Crippen molar-refractivity contribution < 1.29 is 36.5 Å². The topological polar surface area (TPSA) is 0 Å². The van der Waals surface area contributed by atoms with Crippen LogP contribution >= 0.6 is 0 Å². The van der Waals surface area contributed by atoms with E-state index in [1.54, 1.807) is 0 Å². The molecule has 0 saturated heterocycles. The molecule has 0 aliphatic carbocycles. The first kappa shape index (κ1) is 41.1. The van der Waals surface area contributed by atoms with Crippen molar-refractivity contribution in [3.63, 3.8) is 0 Å². The van der Waals surface area contributed by atoms with Crippen LogP contribution < -0.4 is 0 Å². The maximum atomic E-state index is 0. The second-order valence-electron chi connectivity index (χ2n) is 0. The molecule has 0 fully saturated rings. The van der Waals surface area contributed by atoms with Crippen LogP contribution in [-0.2, 0) is 36.5 Å². The molecule has 0 nitrogen and oxygen atoms in total. The average molecular weight is 297 g/mol. The van der Waals surface area contributed by atoms with Crippen LogP contribution in [0, 0.1) is 0 Å². The molecule has 0 aromatic rings. The Balaban J connectivity index is 0. The molecular formula is H7AlMgMnSnZn. The summed E-state index contributed by atoms with van der Waals surface area (Å²) in [4.78, 5) is 0. The summed E-state index contributed by atoms with van der Waals surface area (Å²) in [6.07, 6.45) is 0.